The van der Waals surface area contributed by atoms with Crippen molar-refractivity contribution in [1.82, 2.24) is 9.29 Å². The van der Waals surface area contributed by atoms with Gasteiger partial charge in [0.1, 0.15) is 0 Å². The van der Waals surface area contributed by atoms with Crippen LogP contribution < -0.4 is 0 Å². The molecule has 2 rings (SSSR count). The van der Waals surface area contributed by atoms with Gasteiger partial charge < -0.3 is 0 Å². The molecule has 0 atom stereocenters. The first-order valence-corrected chi connectivity index (χ1v) is 8.90. The molecular weight excluding hydrogens is 308 g/mol. The second-order valence-corrected chi connectivity index (χ2v) is 7.10. The zero-order chi connectivity index (χ0) is 15.5. The second-order valence-electron chi connectivity index (χ2n) is 4.82. The summed E-state index contributed by atoms with van der Waals surface area (Å²) in [6, 6.07) is 7.03. The molecule has 4 nitrogen and oxygen atoms in total. The Kier molecular flexibility index (Phi) is 5.19. The summed E-state index contributed by atoms with van der Waals surface area (Å²) in [5.41, 5.74) is 1.69. The summed E-state index contributed by atoms with van der Waals surface area (Å²) in [5.74, 6) is 0.447. The molecule has 0 amide bonds. The van der Waals surface area contributed by atoms with Crippen LogP contribution in [0.5, 0.6) is 0 Å². The SMILES string of the molecule is CCN(CCCCl)S(=O)(=O)c1ccc(C)c2ncccc12. The molecule has 0 aliphatic heterocycles. The number of halogens is 1. The summed E-state index contributed by atoms with van der Waals surface area (Å²) >= 11 is 5.68. The lowest BCUT2D eigenvalue weighted by Crippen LogP contribution is -2.32. The molecule has 0 saturated heterocycles. The van der Waals surface area contributed by atoms with E-state index < -0.39 is 10.0 Å². The topological polar surface area (TPSA) is 50.3 Å². The minimum absolute atomic E-state index is 0.313. The third-order valence-electron chi connectivity index (χ3n) is 3.44. The van der Waals surface area contributed by atoms with Gasteiger partial charge >= 0.3 is 0 Å². The molecule has 0 saturated carbocycles. The first-order chi connectivity index (χ1) is 10.0. The molecule has 0 unspecified atom stereocenters. The first kappa shape index (κ1) is 16.2. The van der Waals surface area contributed by atoms with Crippen LogP contribution in [-0.4, -0.2) is 36.7 Å². The number of aromatic nitrogens is 1. The van der Waals surface area contributed by atoms with Gasteiger partial charge in [-0.2, -0.15) is 4.31 Å². The summed E-state index contributed by atoms with van der Waals surface area (Å²) in [6.45, 7) is 4.62. The molecule has 1 aromatic carbocycles. The van der Waals surface area contributed by atoms with Gasteiger partial charge in [-0.1, -0.05) is 13.0 Å². The number of fused-ring (bicyclic) bond motifs is 1. The maximum Gasteiger partial charge on any atom is 0.243 e. The zero-order valence-corrected chi connectivity index (χ0v) is 13.8. The Morgan fingerprint density at radius 3 is 2.71 bits per heavy atom. The fraction of sp³-hybridized carbons (Fsp3) is 0.400. The van der Waals surface area contributed by atoms with Crippen LogP contribution in [0.25, 0.3) is 10.9 Å². The lowest BCUT2D eigenvalue weighted by atomic mass is 10.1. The van der Waals surface area contributed by atoms with Gasteiger partial charge in [0.05, 0.1) is 10.4 Å². The van der Waals surface area contributed by atoms with Crippen LogP contribution in [0.1, 0.15) is 18.9 Å². The van der Waals surface area contributed by atoms with Crippen LogP contribution in [0.3, 0.4) is 0 Å². The van der Waals surface area contributed by atoms with E-state index in [0.29, 0.717) is 35.7 Å². The summed E-state index contributed by atoms with van der Waals surface area (Å²) < 4.78 is 27.2. The molecule has 2 aromatic rings. The molecule has 0 aliphatic carbocycles. The predicted molar refractivity (Wildman–Crippen MR) is 86.2 cm³/mol. The summed E-state index contributed by atoms with van der Waals surface area (Å²) in [7, 11) is -3.53. The first-order valence-electron chi connectivity index (χ1n) is 6.92. The van der Waals surface area contributed by atoms with E-state index in [4.69, 9.17) is 11.6 Å². The third-order valence-corrected chi connectivity index (χ3v) is 5.74. The van der Waals surface area contributed by atoms with Gasteiger partial charge in [0.15, 0.2) is 0 Å². The Bertz CT molecular complexity index is 732. The maximum absolute atomic E-state index is 12.8. The van der Waals surface area contributed by atoms with E-state index in [1.54, 1.807) is 30.5 Å². The quantitative estimate of drug-likeness (QED) is 0.766. The van der Waals surface area contributed by atoms with E-state index in [1.165, 1.54) is 4.31 Å². The highest BCUT2D eigenvalue weighted by molar-refractivity contribution is 7.89. The molecule has 1 aromatic heterocycles. The predicted octanol–water partition coefficient (Wildman–Crippen LogP) is 3.18. The Morgan fingerprint density at radius 2 is 2.05 bits per heavy atom. The van der Waals surface area contributed by atoms with Crippen molar-refractivity contribution < 1.29 is 8.42 Å². The molecule has 0 fully saturated rings. The fourth-order valence-corrected chi connectivity index (χ4v) is 4.13. The van der Waals surface area contributed by atoms with E-state index in [1.807, 2.05) is 13.8 Å². The van der Waals surface area contributed by atoms with Crippen LogP contribution in [0.4, 0.5) is 0 Å². The average Bonchev–Trinajstić information content (AvgIpc) is 2.48. The van der Waals surface area contributed by atoms with Crippen LogP contribution in [0, 0.1) is 6.92 Å². The highest BCUT2D eigenvalue weighted by atomic mass is 35.5. The molecule has 0 aliphatic rings. The number of alkyl halides is 1. The number of sulfonamides is 1. The van der Waals surface area contributed by atoms with Gasteiger partial charge in [-0.05, 0) is 37.1 Å². The zero-order valence-electron chi connectivity index (χ0n) is 12.2. The largest absolute Gasteiger partial charge is 0.256 e. The van der Waals surface area contributed by atoms with Crippen molar-refractivity contribution in [3.05, 3.63) is 36.0 Å². The third kappa shape index (κ3) is 3.20. The number of nitrogens with zero attached hydrogens (tertiary/aromatic N) is 2. The average molecular weight is 327 g/mol. The highest BCUT2D eigenvalue weighted by Crippen LogP contribution is 2.26. The number of hydrogen-bond acceptors (Lipinski definition) is 3. The smallest absolute Gasteiger partial charge is 0.243 e. The van der Waals surface area contributed by atoms with E-state index in [0.717, 1.165) is 11.1 Å². The van der Waals surface area contributed by atoms with E-state index in [9.17, 15) is 8.42 Å². The molecule has 114 valence electrons. The number of hydrogen-bond donors (Lipinski definition) is 0. The lowest BCUT2D eigenvalue weighted by Gasteiger charge is -2.21. The van der Waals surface area contributed by atoms with Crippen molar-refractivity contribution in [2.75, 3.05) is 19.0 Å². The molecule has 6 heteroatoms. The molecule has 0 N–H and O–H groups in total. The van der Waals surface area contributed by atoms with Crippen LogP contribution in [0.2, 0.25) is 0 Å². The number of pyridine rings is 1. The van der Waals surface area contributed by atoms with Gasteiger partial charge in [-0.3, -0.25) is 4.98 Å². The van der Waals surface area contributed by atoms with Crippen molar-refractivity contribution in [2.45, 2.75) is 25.2 Å². The van der Waals surface area contributed by atoms with E-state index >= 15 is 0 Å². The van der Waals surface area contributed by atoms with Crippen molar-refractivity contribution in [1.29, 1.82) is 0 Å². The molecule has 0 bridgehead atoms. The summed E-state index contributed by atoms with van der Waals surface area (Å²) in [6.07, 6.45) is 2.31. The standard InChI is InChI=1S/C15H19ClN2O2S/c1-3-18(11-5-9-16)21(19,20)14-8-7-12(2)15-13(14)6-4-10-17-15/h4,6-8,10H,3,5,9,11H2,1-2H3. The maximum atomic E-state index is 12.8. The van der Waals surface area contributed by atoms with Gasteiger partial charge in [-0.15, -0.1) is 11.6 Å². The minimum Gasteiger partial charge on any atom is -0.256 e. The summed E-state index contributed by atoms with van der Waals surface area (Å²) in [4.78, 5) is 4.61. The minimum atomic E-state index is -3.53. The monoisotopic (exact) mass is 326 g/mol. The van der Waals surface area contributed by atoms with Gasteiger partial charge in [-0.25, -0.2) is 8.42 Å². The Morgan fingerprint density at radius 1 is 1.29 bits per heavy atom. The number of aryl methyl sites for hydroxylation is 1. The number of benzene rings is 1. The number of rotatable bonds is 6. The van der Waals surface area contributed by atoms with E-state index in [2.05, 4.69) is 4.98 Å². The van der Waals surface area contributed by atoms with Crippen molar-refractivity contribution in [3.8, 4) is 0 Å². The Labute approximate surface area is 130 Å². The van der Waals surface area contributed by atoms with Crippen molar-refractivity contribution in [3.63, 3.8) is 0 Å². The van der Waals surface area contributed by atoms with Crippen molar-refractivity contribution in [2.24, 2.45) is 0 Å². The van der Waals surface area contributed by atoms with Crippen LogP contribution in [0.15, 0.2) is 35.4 Å². The Balaban J connectivity index is 2.57. The van der Waals surface area contributed by atoms with E-state index in [-0.39, 0.29) is 0 Å². The molecule has 0 radical (unpaired) electrons. The molecule has 0 spiro atoms. The van der Waals surface area contributed by atoms with Crippen molar-refractivity contribution >= 4 is 32.5 Å². The summed E-state index contributed by atoms with van der Waals surface area (Å²) in [5, 5.41) is 0.668. The van der Waals surface area contributed by atoms with Crippen LogP contribution >= 0.6 is 11.6 Å². The second kappa shape index (κ2) is 6.73. The lowest BCUT2D eigenvalue weighted by molar-refractivity contribution is 0.428. The highest BCUT2D eigenvalue weighted by Gasteiger charge is 2.25. The van der Waals surface area contributed by atoms with Crippen LogP contribution in [-0.2, 0) is 10.0 Å². The molecule has 21 heavy (non-hydrogen) atoms. The normalized spacial score (nSPS) is 12.2. The Hall–Kier alpha value is -1.17. The fourth-order valence-electron chi connectivity index (χ4n) is 2.34. The van der Waals surface area contributed by atoms with Gasteiger partial charge in [0, 0.05) is 30.6 Å². The molecular formula is C15H19ClN2O2S. The van der Waals surface area contributed by atoms with Gasteiger partial charge in [0.25, 0.3) is 0 Å². The molecule has 1 heterocycles. The van der Waals surface area contributed by atoms with Gasteiger partial charge in [0.2, 0.25) is 10.0 Å².